The number of hydrogen-bond acceptors (Lipinski definition) is 3. The van der Waals surface area contributed by atoms with Crippen molar-refractivity contribution in [3.8, 4) is 11.5 Å². The molecule has 0 saturated heterocycles. The lowest BCUT2D eigenvalue weighted by molar-refractivity contribution is 0.104. The van der Waals surface area contributed by atoms with Gasteiger partial charge in [-0.25, -0.2) is 4.98 Å². The van der Waals surface area contributed by atoms with Crippen molar-refractivity contribution in [1.29, 1.82) is 0 Å². The van der Waals surface area contributed by atoms with E-state index in [1.807, 2.05) is 42.5 Å². The van der Waals surface area contributed by atoms with Crippen LogP contribution in [-0.4, -0.2) is 10.8 Å². The van der Waals surface area contributed by atoms with Crippen molar-refractivity contribution in [2.45, 2.75) is 26.2 Å². The second-order valence-electron chi connectivity index (χ2n) is 9.73. The van der Waals surface area contributed by atoms with E-state index >= 15 is 0 Å². The molecule has 0 saturated carbocycles. The Balaban J connectivity index is 1.69. The molecule has 1 aromatic heterocycles. The smallest absolute Gasteiger partial charge is 0.190 e. The molecule has 1 aliphatic carbocycles. The monoisotopic (exact) mass is 479 g/mol. The highest BCUT2D eigenvalue weighted by Gasteiger charge is 2.25. The highest BCUT2D eigenvalue weighted by molar-refractivity contribution is 6.31. The van der Waals surface area contributed by atoms with E-state index in [4.69, 9.17) is 9.72 Å². The molecule has 0 N–H and O–H groups in total. The van der Waals surface area contributed by atoms with Gasteiger partial charge in [-0.05, 0) is 59.5 Å². The van der Waals surface area contributed by atoms with E-state index in [1.165, 1.54) is 10.9 Å². The minimum absolute atomic E-state index is 0.0611. The van der Waals surface area contributed by atoms with Gasteiger partial charge in [-0.1, -0.05) is 80.1 Å². The molecule has 0 bridgehead atoms. The van der Waals surface area contributed by atoms with E-state index < -0.39 is 0 Å². The van der Waals surface area contributed by atoms with Gasteiger partial charge in [0.15, 0.2) is 5.78 Å². The van der Waals surface area contributed by atoms with Crippen LogP contribution in [0.3, 0.4) is 0 Å². The van der Waals surface area contributed by atoms with Gasteiger partial charge in [-0.2, -0.15) is 0 Å². The summed E-state index contributed by atoms with van der Waals surface area (Å²) in [5.41, 5.74) is 3.68. The number of hydrogen-bond donors (Lipinski definition) is 0. The Morgan fingerprint density at radius 1 is 0.838 bits per heavy atom. The summed E-state index contributed by atoms with van der Waals surface area (Å²) in [6, 6.07) is 27.0. The normalized spacial score (nSPS) is 12.9. The first-order chi connectivity index (χ1) is 18.2. The number of rotatable bonds is 5. The Morgan fingerprint density at radius 3 is 2.54 bits per heavy atom. The minimum Gasteiger partial charge on any atom is -0.456 e. The van der Waals surface area contributed by atoms with E-state index in [9.17, 15) is 4.79 Å². The summed E-state index contributed by atoms with van der Waals surface area (Å²) in [6.45, 7) is 2.22. The van der Waals surface area contributed by atoms with Crippen molar-refractivity contribution in [3.63, 3.8) is 0 Å². The van der Waals surface area contributed by atoms with Crippen molar-refractivity contribution in [3.05, 3.63) is 107 Å². The molecule has 0 spiro atoms. The standard InChI is InChI=1S/C34H25NO2/c1-2-3-10-21-17-18-25-28(19-21)35-33-26-15-9-16-29(36)31(26)34(37-23-12-5-4-6-13-23)27-20-22-11-7-8-14-24(22)30(25)32(27)33/h4-9,11-20H,2-3,10H2,1H3. The average Bonchev–Trinajstić information content (AvgIpc) is 2.94. The molecule has 1 heterocycles. The molecule has 178 valence electrons. The topological polar surface area (TPSA) is 39.2 Å². The van der Waals surface area contributed by atoms with Crippen molar-refractivity contribution >= 4 is 55.2 Å². The molecule has 0 aliphatic heterocycles. The molecular weight excluding hydrogens is 454 g/mol. The number of carbonyl (C=O) groups is 1. The number of aryl methyl sites for hydroxylation is 1. The number of benzene rings is 5. The first-order valence-corrected chi connectivity index (χ1v) is 12.9. The van der Waals surface area contributed by atoms with Gasteiger partial charge in [-0.15, -0.1) is 0 Å². The largest absolute Gasteiger partial charge is 0.456 e. The number of carbonyl (C=O) groups excluding carboxylic acids is 1. The molecule has 5 aromatic carbocycles. The Morgan fingerprint density at radius 2 is 1.68 bits per heavy atom. The molecule has 6 aromatic rings. The van der Waals surface area contributed by atoms with Gasteiger partial charge < -0.3 is 4.74 Å². The Bertz CT molecular complexity index is 1950. The first kappa shape index (κ1) is 21.8. The third kappa shape index (κ3) is 3.42. The van der Waals surface area contributed by atoms with Crippen LogP contribution in [0.25, 0.3) is 49.4 Å². The van der Waals surface area contributed by atoms with Gasteiger partial charge in [0.05, 0.1) is 16.6 Å². The molecule has 0 amide bonds. The van der Waals surface area contributed by atoms with E-state index in [-0.39, 0.29) is 5.78 Å². The number of ketones is 1. The first-order valence-electron chi connectivity index (χ1n) is 12.9. The lowest BCUT2D eigenvalue weighted by atomic mass is 9.89. The van der Waals surface area contributed by atoms with Crippen LogP contribution in [0.15, 0.2) is 91.0 Å². The van der Waals surface area contributed by atoms with Gasteiger partial charge in [0.25, 0.3) is 0 Å². The predicted octanol–water partition coefficient (Wildman–Crippen LogP) is 8.08. The quantitative estimate of drug-likeness (QED) is 0.185. The molecule has 37 heavy (non-hydrogen) atoms. The predicted molar refractivity (Wildman–Crippen MR) is 153 cm³/mol. The number of allylic oxidation sites excluding steroid dienone is 2. The maximum atomic E-state index is 13.4. The van der Waals surface area contributed by atoms with E-state index in [1.54, 1.807) is 6.08 Å². The Hall–Kier alpha value is -4.50. The fourth-order valence-corrected chi connectivity index (χ4v) is 5.65. The maximum absolute atomic E-state index is 13.4. The molecule has 7 rings (SSSR count). The zero-order valence-electron chi connectivity index (χ0n) is 20.6. The van der Waals surface area contributed by atoms with Crippen molar-refractivity contribution in [1.82, 2.24) is 4.98 Å². The molecule has 3 nitrogen and oxygen atoms in total. The van der Waals surface area contributed by atoms with Crippen LogP contribution < -0.4 is 9.96 Å². The summed E-state index contributed by atoms with van der Waals surface area (Å²) in [7, 11) is 0. The van der Waals surface area contributed by atoms with Crippen LogP contribution in [0.2, 0.25) is 0 Å². The van der Waals surface area contributed by atoms with Crippen LogP contribution in [-0.2, 0) is 6.42 Å². The van der Waals surface area contributed by atoms with Crippen LogP contribution in [0, 0.1) is 0 Å². The third-order valence-electron chi connectivity index (χ3n) is 7.39. The van der Waals surface area contributed by atoms with Crippen LogP contribution in [0.5, 0.6) is 11.5 Å². The van der Waals surface area contributed by atoms with Gasteiger partial charge in [0, 0.05) is 26.8 Å². The number of nitrogens with zero attached hydrogens (tertiary/aromatic N) is 1. The summed E-state index contributed by atoms with van der Waals surface area (Å²) in [6.07, 6.45) is 8.77. The number of aromatic nitrogens is 1. The SMILES string of the molecule is CCCCc1ccc2c(c1)nc1c3c(c(Oc4ccccc4)c4cc5ccccc5c2c41)C(=O)C=CC=3. The number of ether oxygens (including phenoxy) is 1. The van der Waals surface area contributed by atoms with Gasteiger partial charge in [-0.3, -0.25) is 4.79 Å². The highest BCUT2D eigenvalue weighted by Crippen LogP contribution is 2.43. The molecule has 0 atom stereocenters. The Labute approximate surface area is 214 Å². The van der Waals surface area contributed by atoms with Crippen molar-refractivity contribution < 1.29 is 9.53 Å². The van der Waals surface area contributed by atoms with Crippen molar-refractivity contribution in [2.75, 3.05) is 0 Å². The molecule has 0 unspecified atom stereocenters. The maximum Gasteiger partial charge on any atom is 0.190 e. The van der Waals surface area contributed by atoms with Crippen LogP contribution in [0.4, 0.5) is 0 Å². The summed E-state index contributed by atoms with van der Waals surface area (Å²) in [5.74, 6) is 1.23. The van der Waals surface area contributed by atoms with Crippen molar-refractivity contribution in [2.24, 2.45) is 0 Å². The second kappa shape index (κ2) is 8.56. The van der Waals surface area contributed by atoms with Gasteiger partial charge in [0.1, 0.15) is 11.5 Å². The number of fused-ring (bicyclic) bond motifs is 6. The molecular formula is C34H25NO2. The molecule has 0 fully saturated rings. The molecule has 3 heteroatoms. The van der Waals surface area contributed by atoms with E-state index in [2.05, 4.69) is 55.5 Å². The summed E-state index contributed by atoms with van der Waals surface area (Å²) < 4.78 is 6.52. The Kier molecular flexibility index (Phi) is 5.03. The average molecular weight is 480 g/mol. The highest BCUT2D eigenvalue weighted by atomic mass is 16.5. The van der Waals surface area contributed by atoms with Gasteiger partial charge in [0.2, 0.25) is 0 Å². The fourth-order valence-electron chi connectivity index (χ4n) is 5.65. The zero-order chi connectivity index (χ0) is 24.9. The van der Waals surface area contributed by atoms with E-state index in [0.717, 1.165) is 62.4 Å². The van der Waals surface area contributed by atoms with E-state index in [0.29, 0.717) is 17.1 Å². The summed E-state index contributed by atoms with van der Waals surface area (Å²) in [5, 5.41) is 7.34. The minimum atomic E-state index is -0.0611. The van der Waals surface area contributed by atoms with Crippen LogP contribution >= 0.6 is 0 Å². The van der Waals surface area contributed by atoms with Gasteiger partial charge >= 0.3 is 0 Å². The number of unbranched alkanes of at least 4 members (excludes halogenated alkanes) is 1. The number of pyridine rings is 1. The third-order valence-corrected chi connectivity index (χ3v) is 7.39. The summed E-state index contributed by atoms with van der Waals surface area (Å²) in [4.78, 5) is 18.6. The molecule has 0 radical (unpaired) electrons. The fraction of sp³-hybridized carbons (Fsp3) is 0.118. The zero-order valence-corrected chi connectivity index (χ0v) is 20.6. The summed E-state index contributed by atoms with van der Waals surface area (Å²) >= 11 is 0. The lowest BCUT2D eigenvalue weighted by Gasteiger charge is -2.20. The lowest BCUT2D eigenvalue weighted by Crippen LogP contribution is -2.20. The van der Waals surface area contributed by atoms with Crippen LogP contribution in [0.1, 0.15) is 35.7 Å². The molecule has 1 aliphatic rings. The second-order valence-corrected chi connectivity index (χ2v) is 9.73. The number of para-hydroxylation sites is 1.